The van der Waals surface area contributed by atoms with Crippen molar-refractivity contribution in [1.29, 1.82) is 0 Å². The van der Waals surface area contributed by atoms with E-state index >= 15 is 0 Å². The number of rotatable bonds is 3. The molecular formula is C16H19F2NO. The van der Waals surface area contributed by atoms with Gasteiger partial charge in [0.2, 0.25) is 0 Å². The van der Waals surface area contributed by atoms with Crippen LogP contribution in [0, 0.1) is 17.6 Å². The summed E-state index contributed by atoms with van der Waals surface area (Å²) in [4.78, 5) is 12.3. The number of nitrogens with one attached hydrogen (secondary N) is 1. The van der Waals surface area contributed by atoms with Crippen molar-refractivity contribution < 1.29 is 13.6 Å². The van der Waals surface area contributed by atoms with E-state index in [4.69, 9.17) is 0 Å². The molecule has 0 radical (unpaired) electrons. The third-order valence-electron chi connectivity index (χ3n) is 4.66. The van der Waals surface area contributed by atoms with E-state index in [9.17, 15) is 13.6 Å². The van der Waals surface area contributed by atoms with Crippen molar-refractivity contribution in [2.45, 2.75) is 50.6 Å². The summed E-state index contributed by atoms with van der Waals surface area (Å²) in [5, 5.41) is 3.36. The van der Waals surface area contributed by atoms with Crippen LogP contribution in [0.5, 0.6) is 0 Å². The van der Waals surface area contributed by atoms with Gasteiger partial charge >= 0.3 is 0 Å². The van der Waals surface area contributed by atoms with Crippen molar-refractivity contribution in [3.63, 3.8) is 0 Å². The monoisotopic (exact) mass is 279 g/mol. The SMILES string of the molecule is O=C(Cc1c(F)cccc1F)C1CC2CCCCC2N1. The molecule has 1 saturated carbocycles. The molecule has 2 nitrogen and oxygen atoms in total. The Bertz CT molecular complexity index is 483. The van der Waals surface area contributed by atoms with Crippen LogP contribution in [0.1, 0.15) is 37.7 Å². The first-order valence-corrected chi connectivity index (χ1v) is 7.37. The van der Waals surface area contributed by atoms with E-state index in [1.165, 1.54) is 31.0 Å². The van der Waals surface area contributed by atoms with Crippen molar-refractivity contribution in [3.05, 3.63) is 35.4 Å². The zero-order valence-corrected chi connectivity index (χ0v) is 11.4. The molecule has 1 N–H and O–H groups in total. The van der Waals surface area contributed by atoms with E-state index in [1.54, 1.807) is 0 Å². The molecule has 20 heavy (non-hydrogen) atoms. The van der Waals surface area contributed by atoms with Gasteiger partial charge in [-0.3, -0.25) is 4.79 Å². The van der Waals surface area contributed by atoms with Gasteiger partial charge in [0.25, 0.3) is 0 Å². The standard InChI is InChI=1S/C16H19F2NO/c17-12-5-3-6-13(18)11(12)9-16(20)15-8-10-4-1-2-7-14(10)19-15/h3,5-6,10,14-15,19H,1-2,4,7-9H2. The Morgan fingerprint density at radius 1 is 1.20 bits per heavy atom. The number of carbonyl (C=O) groups is 1. The molecule has 0 spiro atoms. The Kier molecular flexibility index (Phi) is 3.83. The molecule has 108 valence electrons. The maximum Gasteiger partial charge on any atom is 0.154 e. The fourth-order valence-electron chi connectivity index (χ4n) is 3.56. The minimum absolute atomic E-state index is 0.0941. The molecule has 1 aliphatic carbocycles. The van der Waals surface area contributed by atoms with Crippen LogP contribution in [0.15, 0.2) is 18.2 Å². The Balaban J connectivity index is 1.68. The molecule has 1 aromatic rings. The number of ketones is 1. The topological polar surface area (TPSA) is 29.1 Å². The lowest BCUT2D eigenvalue weighted by Gasteiger charge is -2.24. The van der Waals surface area contributed by atoms with Crippen LogP contribution in [0.4, 0.5) is 8.78 Å². The number of carbonyl (C=O) groups excluding carboxylic acids is 1. The maximum absolute atomic E-state index is 13.6. The summed E-state index contributed by atoms with van der Waals surface area (Å²) in [5.74, 6) is -0.797. The van der Waals surface area contributed by atoms with Gasteiger partial charge in [0, 0.05) is 18.0 Å². The van der Waals surface area contributed by atoms with Crippen LogP contribution in [0.3, 0.4) is 0 Å². The average Bonchev–Trinajstić information content (AvgIpc) is 2.87. The second-order valence-corrected chi connectivity index (χ2v) is 5.95. The summed E-state index contributed by atoms with van der Waals surface area (Å²) in [6.45, 7) is 0. The summed E-state index contributed by atoms with van der Waals surface area (Å²) >= 11 is 0. The summed E-state index contributed by atoms with van der Waals surface area (Å²) in [6.07, 6.45) is 5.37. The van der Waals surface area contributed by atoms with Crippen LogP contribution >= 0.6 is 0 Å². The molecule has 2 fully saturated rings. The predicted octanol–water partition coefficient (Wildman–Crippen LogP) is 3.00. The zero-order chi connectivity index (χ0) is 14.1. The van der Waals surface area contributed by atoms with Gasteiger partial charge in [-0.05, 0) is 37.3 Å². The van der Waals surface area contributed by atoms with E-state index in [0.29, 0.717) is 12.0 Å². The maximum atomic E-state index is 13.6. The van der Waals surface area contributed by atoms with Gasteiger partial charge < -0.3 is 5.32 Å². The fourth-order valence-corrected chi connectivity index (χ4v) is 3.56. The molecule has 2 aliphatic rings. The summed E-state index contributed by atoms with van der Waals surface area (Å²) in [6, 6.07) is 3.91. The lowest BCUT2D eigenvalue weighted by Crippen LogP contribution is -2.38. The number of hydrogen-bond donors (Lipinski definition) is 1. The van der Waals surface area contributed by atoms with Gasteiger partial charge in [-0.2, -0.15) is 0 Å². The molecule has 3 rings (SSSR count). The van der Waals surface area contributed by atoms with Crippen molar-refractivity contribution in [3.8, 4) is 0 Å². The van der Waals surface area contributed by atoms with Crippen LogP contribution < -0.4 is 5.32 Å². The first-order chi connectivity index (χ1) is 9.65. The molecule has 1 aromatic carbocycles. The van der Waals surface area contributed by atoms with Crippen LogP contribution in [0.25, 0.3) is 0 Å². The van der Waals surface area contributed by atoms with E-state index in [0.717, 1.165) is 19.3 Å². The summed E-state index contributed by atoms with van der Waals surface area (Å²) < 4.78 is 27.2. The third kappa shape index (κ3) is 2.62. The number of fused-ring (bicyclic) bond motifs is 1. The second kappa shape index (κ2) is 5.60. The molecule has 1 aliphatic heterocycles. The van der Waals surface area contributed by atoms with Crippen molar-refractivity contribution in [1.82, 2.24) is 5.32 Å². The second-order valence-electron chi connectivity index (χ2n) is 5.95. The first kappa shape index (κ1) is 13.7. The van der Waals surface area contributed by atoms with E-state index < -0.39 is 11.6 Å². The molecule has 1 saturated heterocycles. The Morgan fingerprint density at radius 3 is 2.60 bits per heavy atom. The largest absolute Gasteiger partial charge is 0.304 e. The smallest absolute Gasteiger partial charge is 0.154 e. The third-order valence-corrected chi connectivity index (χ3v) is 4.66. The molecular weight excluding hydrogens is 260 g/mol. The highest BCUT2D eigenvalue weighted by Crippen LogP contribution is 2.33. The Labute approximate surface area is 117 Å². The van der Waals surface area contributed by atoms with Gasteiger partial charge in [0.15, 0.2) is 5.78 Å². The highest BCUT2D eigenvalue weighted by molar-refractivity contribution is 5.86. The van der Waals surface area contributed by atoms with Crippen LogP contribution in [-0.2, 0) is 11.2 Å². The molecule has 0 aromatic heterocycles. The van der Waals surface area contributed by atoms with Crippen molar-refractivity contribution in [2.24, 2.45) is 5.92 Å². The van der Waals surface area contributed by atoms with Gasteiger partial charge in [-0.1, -0.05) is 18.9 Å². The molecule has 3 unspecified atom stereocenters. The lowest BCUT2D eigenvalue weighted by molar-refractivity contribution is -0.120. The summed E-state index contributed by atoms with van der Waals surface area (Å²) in [5.41, 5.74) is -0.103. The quantitative estimate of drug-likeness (QED) is 0.921. The lowest BCUT2D eigenvalue weighted by atomic mass is 9.84. The van der Waals surface area contributed by atoms with E-state index in [-0.39, 0.29) is 23.8 Å². The van der Waals surface area contributed by atoms with Crippen molar-refractivity contribution >= 4 is 5.78 Å². The van der Waals surface area contributed by atoms with Gasteiger partial charge in [-0.25, -0.2) is 8.78 Å². The normalized spacial score (nSPS) is 29.2. The molecule has 1 heterocycles. The number of Topliss-reactive ketones (excluding diaryl/α,β-unsaturated/α-hetero) is 1. The van der Waals surface area contributed by atoms with Crippen LogP contribution in [0.2, 0.25) is 0 Å². The van der Waals surface area contributed by atoms with E-state index in [2.05, 4.69) is 5.32 Å². The highest BCUT2D eigenvalue weighted by Gasteiger charge is 2.38. The number of halogens is 2. The molecule has 4 heteroatoms. The van der Waals surface area contributed by atoms with E-state index in [1.807, 2.05) is 0 Å². The highest BCUT2D eigenvalue weighted by atomic mass is 19.1. The molecule has 0 amide bonds. The van der Waals surface area contributed by atoms with Gasteiger partial charge in [-0.15, -0.1) is 0 Å². The molecule has 3 atom stereocenters. The van der Waals surface area contributed by atoms with Crippen molar-refractivity contribution in [2.75, 3.05) is 0 Å². The minimum Gasteiger partial charge on any atom is -0.304 e. The zero-order valence-electron chi connectivity index (χ0n) is 11.4. The number of benzene rings is 1. The fraction of sp³-hybridized carbons (Fsp3) is 0.562. The van der Waals surface area contributed by atoms with Crippen LogP contribution in [-0.4, -0.2) is 17.9 Å². The molecule has 0 bridgehead atoms. The predicted molar refractivity (Wildman–Crippen MR) is 72.4 cm³/mol. The minimum atomic E-state index is -0.631. The number of hydrogen-bond acceptors (Lipinski definition) is 2. The average molecular weight is 279 g/mol. The Morgan fingerprint density at radius 2 is 1.90 bits per heavy atom. The first-order valence-electron chi connectivity index (χ1n) is 7.37. The summed E-state index contributed by atoms with van der Waals surface area (Å²) in [7, 11) is 0. The Hall–Kier alpha value is -1.29. The van der Waals surface area contributed by atoms with Gasteiger partial charge in [0.05, 0.1) is 6.04 Å². The van der Waals surface area contributed by atoms with Gasteiger partial charge in [0.1, 0.15) is 11.6 Å².